The number of likely N-dealkylation sites (tertiary alicyclic amines) is 1. The molecule has 1 aliphatic heterocycles. The summed E-state index contributed by atoms with van der Waals surface area (Å²) in [6.07, 6.45) is 3.41. The molecule has 2 nitrogen and oxygen atoms in total. The van der Waals surface area contributed by atoms with Gasteiger partial charge in [-0.2, -0.15) is 0 Å². The molecule has 0 atom stereocenters. The lowest BCUT2D eigenvalue weighted by atomic mass is 9.85. The molecule has 1 aliphatic rings. The summed E-state index contributed by atoms with van der Waals surface area (Å²) < 4.78 is 0. The van der Waals surface area contributed by atoms with Crippen molar-refractivity contribution in [1.29, 1.82) is 0 Å². The van der Waals surface area contributed by atoms with Crippen LogP contribution in [0, 0.1) is 5.41 Å². The summed E-state index contributed by atoms with van der Waals surface area (Å²) in [5, 5.41) is 0.833. The van der Waals surface area contributed by atoms with Crippen molar-refractivity contribution in [3.8, 4) is 0 Å². The van der Waals surface area contributed by atoms with Gasteiger partial charge in [0.2, 0.25) is 0 Å². The van der Waals surface area contributed by atoms with Crippen molar-refractivity contribution in [3.63, 3.8) is 0 Å². The Labute approximate surface area is 124 Å². The Morgan fingerprint density at radius 2 is 1.89 bits per heavy atom. The summed E-state index contributed by atoms with van der Waals surface area (Å²) in [5.41, 5.74) is 2.38. The van der Waals surface area contributed by atoms with Crippen molar-refractivity contribution in [1.82, 2.24) is 4.90 Å². The average molecular weight is 324 g/mol. The number of carbonyl (C=O) groups is 1. The number of benzene rings is 1. The van der Waals surface area contributed by atoms with Gasteiger partial charge >= 0.3 is 0 Å². The highest BCUT2D eigenvalue weighted by Crippen LogP contribution is 2.30. The molecule has 1 aromatic carbocycles. The molecule has 0 unspecified atom stereocenters. The number of hydrogen-bond donors (Lipinski definition) is 0. The zero-order valence-electron chi connectivity index (χ0n) is 11.8. The van der Waals surface area contributed by atoms with Crippen LogP contribution in [0.5, 0.6) is 0 Å². The number of halogens is 1. The summed E-state index contributed by atoms with van der Waals surface area (Å²) >= 11 is 3.42. The first-order valence-corrected chi connectivity index (χ1v) is 8.08. The first-order valence-electron chi connectivity index (χ1n) is 6.96. The van der Waals surface area contributed by atoms with Crippen molar-refractivity contribution < 1.29 is 4.79 Å². The minimum atomic E-state index is 0.179. The van der Waals surface area contributed by atoms with Gasteiger partial charge in [-0.3, -0.25) is 4.79 Å². The Balaban J connectivity index is 2.06. The van der Waals surface area contributed by atoms with Crippen LogP contribution in [0.4, 0.5) is 0 Å². The molecule has 0 spiro atoms. The Morgan fingerprint density at radius 3 is 2.53 bits per heavy atom. The summed E-state index contributed by atoms with van der Waals surface area (Å²) in [6.45, 7) is 6.37. The largest absolute Gasteiger partial charge is 0.339 e. The van der Waals surface area contributed by atoms with Crippen molar-refractivity contribution in [2.24, 2.45) is 5.41 Å². The molecule has 0 radical (unpaired) electrons. The SMILES string of the molecule is CC1(C)CCCN(C(=O)c2ccc(CBr)cc2)CC1. The molecule has 19 heavy (non-hydrogen) atoms. The molecule has 2 rings (SSSR count). The van der Waals surface area contributed by atoms with Gasteiger partial charge in [-0.1, -0.05) is 41.9 Å². The van der Waals surface area contributed by atoms with Gasteiger partial charge < -0.3 is 4.90 Å². The number of amides is 1. The summed E-state index contributed by atoms with van der Waals surface area (Å²) in [6, 6.07) is 7.91. The maximum atomic E-state index is 12.5. The highest BCUT2D eigenvalue weighted by atomic mass is 79.9. The third-order valence-electron chi connectivity index (χ3n) is 3.98. The topological polar surface area (TPSA) is 20.3 Å². The number of alkyl halides is 1. The third-order valence-corrected chi connectivity index (χ3v) is 4.63. The number of rotatable bonds is 2. The van der Waals surface area contributed by atoms with Crippen LogP contribution >= 0.6 is 15.9 Å². The second kappa shape index (κ2) is 6.08. The van der Waals surface area contributed by atoms with E-state index < -0.39 is 0 Å². The molecule has 1 amide bonds. The zero-order valence-corrected chi connectivity index (χ0v) is 13.4. The molecule has 0 aliphatic carbocycles. The Morgan fingerprint density at radius 1 is 1.21 bits per heavy atom. The summed E-state index contributed by atoms with van der Waals surface area (Å²) in [7, 11) is 0. The van der Waals surface area contributed by atoms with Crippen molar-refractivity contribution in [2.75, 3.05) is 13.1 Å². The molecular weight excluding hydrogens is 302 g/mol. The van der Waals surface area contributed by atoms with E-state index in [1.54, 1.807) is 0 Å². The molecular formula is C16H22BrNO. The monoisotopic (exact) mass is 323 g/mol. The molecule has 0 N–H and O–H groups in total. The maximum Gasteiger partial charge on any atom is 0.253 e. The van der Waals surface area contributed by atoms with Crippen LogP contribution in [0.2, 0.25) is 0 Å². The van der Waals surface area contributed by atoms with Crippen LogP contribution in [0.3, 0.4) is 0 Å². The third kappa shape index (κ3) is 3.82. The highest BCUT2D eigenvalue weighted by Gasteiger charge is 2.25. The maximum absolute atomic E-state index is 12.5. The standard InChI is InChI=1S/C16H22BrNO/c1-16(2)8-3-10-18(11-9-16)15(19)14-6-4-13(12-17)5-7-14/h4-7H,3,8-12H2,1-2H3. The van der Waals surface area contributed by atoms with Gasteiger partial charge in [0.1, 0.15) is 0 Å². The number of hydrogen-bond acceptors (Lipinski definition) is 1. The molecule has 1 fully saturated rings. The number of carbonyl (C=O) groups excluding carboxylic acids is 1. The molecule has 104 valence electrons. The Hall–Kier alpha value is -0.830. The second-order valence-electron chi connectivity index (χ2n) is 6.14. The van der Waals surface area contributed by atoms with Gasteiger partial charge in [0.15, 0.2) is 0 Å². The van der Waals surface area contributed by atoms with Crippen molar-refractivity contribution in [3.05, 3.63) is 35.4 Å². The Kier molecular flexibility index (Phi) is 4.67. The van der Waals surface area contributed by atoms with E-state index in [1.165, 1.54) is 12.0 Å². The fourth-order valence-corrected chi connectivity index (χ4v) is 2.92. The van der Waals surface area contributed by atoms with Crippen LogP contribution in [-0.2, 0) is 5.33 Å². The first kappa shape index (κ1) is 14.6. The molecule has 1 aromatic rings. The van der Waals surface area contributed by atoms with Crippen LogP contribution in [0.1, 0.15) is 49.0 Å². The normalized spacial score (nSPS) is 19.0. The van der Waals surface area contributed by atoms with E-state index in [0.717, 1.165) is 36.8 Å². The predicted octanol–water partition coefficient (Wildman–Crippen LogP) is 4.23. The van der Waals surface area contributed by atoms with Crippen LogP contribution in [0.25, 0.3) is 0 Å². The van der Waals surface area contributed by atoms with E-state index in [-0.39, 0.29) is 5.91 Å². The summed E-state index contributed by atoms with van der Waals surface area (Å²) in [5.74, 6) is 0.179. The Bertz CT molecular complexity index is 439. The lowest BCUT2D eigenvalue weighted by Gasteiger charge is -2.23. The molecule has 0 saturated carbocycles. The van der Waals surface area contributed by atoms with Crippen LogP contribution < -0.4 is 0 Å². The quantitative estimate of drug-likeness (QED) is 0.746. The zero-order chi connectivity index (χ0) is 13.9. The van der Waals surface area contributed by atoms with Gasteiger partial charge in [0.25, 0.3) is 5.91 Å². The number of nitrogens with zero attached hydrogens (tertiary/aromatic N) is 1. The minimum Gasteiger partial charge on any atom is -0.339 e. The second-order valence-corrected chi connectivity index (χ2v) is 6.70. The molecule has 1 saturated heterocycles. The van der Waals surface area contributed by atoms with Crippen LogP contribution in [-0.4, -0.2) is 23.9 Å². The molecule has 0 aromatic heterocycles. The van der Waals surface area contributed by atoms with Gasteiger partial charge in [-0.25, -0.2) is 0 Å². The molecule has 3 heteroatoms. The van der Waals surface area contributed by atoms with Gasteiger partial charge in [0, 0.05) is 24.0 Å². The fraction of sp³-hybridized carbons (Fsp3) is 0.562. The van der Waals surface area contributed by atoms with Gasteiger partial charge in [-0.15, -0.1) is 0 Å². The fourth-order valence-electron chi connectivity index (χ4n) is 2.54. The molecule has 0 bridgehead atoms. The summed E-state index contributed by atoms with van der Waals surface area (Å²) in [4.78, 5) is 14.5. The first-order chi connectivity index (χ1) is 9.02. The van der Waals surface area contributed by atoms with Crippen LogP contribution in [0.15, 0.2) is 24.3 Å². The predicted molar refractivity (Wildman–Crippen MR) is 82.6 cm³/mol. The lowest BCUT2D eigenvalue weighted by molar-refractivity contribution is 0.0757. The minimum absolute atomic E-state index is 0.179. The van der Waals surface area contributed by atoms with E-state index in [0.29, 0.717) is 5.41 Å². The smallest absolute Gasteiger partial charge is 0.253 e. The highest BCUT2D eigenvalue weighted by molar-refractivity contribution is 9.08. The lowest BCUT2D eigenvalue weighted by Crippen LogP contribution is -2.32. The van der Waals surface area contributed by atoms with E-state index in [4.69, 9.17) is 0 Å². The van der Waals surface area contributed by atoms with E-state index in [1.807, 2.05) is 29.2 Å². The van der Waals surface area contributed by atoms with Gasteiger partial charge in [-0.05, 0) is 42.4 Å². The average Bonchev–Trinajstić information content (AvgIpc) is 2.59. The van der Waals surface area contributed by atoms with Crippen molar-refractivity contribution >= 4 is 21.8 Å². The molecule has 1 heterocycles. The van der Waals surface area contributed by atoms with E-state index >= 15 is 0 Å². The van der Waals surface area contributed by atoms with Gasteiger partial charge in [0.05, 0.1) is 0 Å². The van der Waals surface area contributed by atoms with E-state index in [2.05, 4.69) is 29.8 Å². The van der Waals surface area contributed by atoms with E-state index in [9.17, 15) is 4.79 Å². The van der Waals surface area contributed by atoms with Crippen molar-refractivity contribution in [2.45, 2.75) is 38.4 Å².